The molecule has 7 rings (SSSR count). The van der Waals surface area contributed by atoms with E-state index >= 15 is 0 Å². The molecule has 5 nitrogen and oxygen atoms in total. The van der Waals surface area contributed by atoms with Crippen LogP contribution in [-0.4, -0.2) is 42.9 Å². The highest BCUT2D eigenvalue weighted by atomic mass is 16.6. The average Bonchev–Trinajstić information content (AvgIpc) is 3.48. The largest absolute Gasteiger partial charge is 0.464 e. The molecule has 3 heterocycles. The molecule has 1 fully saturated rings. The molecule has 4 aromatic rings. The Morgan fingerprint density at radius 2 is 1.71 bits per heavy atom. The lowest BCUT2D eigenvalue weighted by Gasteiger charge is -2.44. The van der Waals surface area contributed by atoms with E-state index < -0.39 is 0 Å². The van der Waals surface area contributed by atoms with Crippen molar-refractivity contribution in [2.24, 2.45) is 0 Å². The molecular weight excluding hydrogens is 438 g/mol. The zero-order chi connectivity index (χ0) is 23.4. The number of carbonyl (C=O) groups excluding carboxylic acids is 1. The number of amides is 1. The first kappa shape index (κ1) is 20.5. The van der Waals surface area contributed by atoms with Crippen molar-refractivity contribution in [1.29, 1.82) is 0 Å². The van der Waals surface area contributed by atoms with E-state index in [4.69, 9.17) is 13.9 Å². The molecule has 2 bridgehead atoms. The van der Waals surface area contributed by atoms with Crippen molar-refractivity contribution in [3.8, 4) is 11.1 Å². The molecule has 2 aliphatic heterocycles. The van der Waals surface area contributed by atoms with E-state index in [1.54, 1.807) is 6.26 Å². The summed E-state index contributed by atoms with van der Waals surface area (Å²) in [6.45, 7) is 1.33. The van der Waals surface area contributed by atoms with Gasteiger partial charge in [-0.15, -0.1) is 0 Å². The van der Waals surface area contributed by atoms with Gasteiger partial charge < -0.3 is 13.9 Å². The number of furan rings is 1. The minimum Gasteiger partial charge on any atom is -0.464 e. The summed E-state index contributed by atoms with van der Waals surface area (Å²) in [6, 6.07) is 24.9. The topological polar surface area (TPSA) is 51.9 Å². The van der Waals surface area contributed by atoms with Crippen LogP contribution in [0.25, 0.3) is 27.7 Å². The molecule has 1 aromatic heterocycles. The molecule has 3 aliphatic rings. The van der Waals surface area contributed by atoms with Crippen LogP contribution in [0.5, 0.6) is 0 Å². The highest BCUT2D eigenvalue weighted by Gasteiger charge is 2.40. The molecule has 5 heteroatoms. The van der Waals surface area contributed by atoms with Crippen LogP contribution in [0, 0.1) is 0 Å². The number of nitrogens with zero attached hydrogens (tertiary/aromatic N) is 1. The van der Waals surface area contributed by atoms with E-state index in [2.05, 4.69) is 66.7 Å². The zero-order valence-corrected chi connectivity index (χ0v) is 19.2. The predicted molar refractivity (Wildman–Crippen MR) is 134 cm³/mol. The Hall–Kier alpha value is -3.83. The number of hydrogen-bond donors (Lipinski definition) is 0. The molecule has 174 valence electrons. The number of hydrogen-bond acceptors (Lipinski definition) is 4. The number of benzene rings is 3. The van der Waals surface area contributed by atoms with Crippen molar-refractivity contribution < 1.29 is 18.7 Å². The maximum atomic E-state index is 13.4. The predicted octanol–water partition coefficient (Wildman–Crippen LogP) is 6.24. The maximum Gasteiger partial charge on any atom is 0.410 e. The Labute approximate surface area is 203 Å². The van der Waals surface area contributed by atoms with Gasteiger partial charge in [-0.25, -0.2) is 4.79 Å². The molecule has 2 atom stereocenters. The molecule has 2 unspecified atom stereocenters. The lowest BCUT2D eigenvalue weighted by atomic mass is 9.90. The molecule has 1 aliphatic carbocycles. The number of morpholine rings is 1. The van der Waals surface area contributed by atoms with Gasteiger partial charge in [0.15, 0.2) is 0 Å². The minimum absolute atomic E-state index is 0.0375. The van der Waals surface area contributed by atoms with Crippen molar-refractivity contribution in [1.82, 2.24) is 4.90 Å². The molecule has 3 aromatic carbocycles. The number of fused-ring (bicyclic) bond motifs is 6. The highest BCUT2D eigenvalue weighted by Crippen LogP contribution is 2.44. The molecule has 1 amide bonds. The van der Waals surface area contributed by atoms with Gasteiger partial charge in [0.05, 0.1) is 31.6 Å². The van der Waals surface area contributed by atoms with Gasteiger partial charge in [0, 0.05) is 11.3 Å². The van der Waals surface area contributed by atoms with Gasteiger partial charge in [-0.1, -0.05) is 60.7 Å². The number of carbonyl (C=O) groups is 1. The van der Waals surface area contributed by atoms with Crippen LogP contribution in [0.15, 0.2) is 89.6 Å². The number of ether oxygens (including phenoxy) is 2. The summed E-state index contributed by atoms with van der Waals surface area (Å²) < 4.78 is 17.3. The molecular formula is C30H25NO4. The quantitative estimate of drug-likeness (QED) is 0.361. The second-order valence-corrected chi connectivity index (χ2v) is 9.54. The fourth-order valence-electron chi connectivity index (χ4n) is 5.93. The van der Waals surface area contributed by atoms with E-state index in [-0.39, 0.29) is 24.1 Å². The SMILES string of the molecule is O=C(OCC1c2ccccc2-c2ccccc21)N1C2C=C(c3ccc4occc4c3)CC1COC2. The van der Waals surface area contributed by atoms with Crippen LogP contribution in [-0.2, 0) is 9.47 Å². The Morgan fingerprint density at radius 3 is 2.49 bits per heavy atom. The van der Waals surface area contributed by atoms with Crippen LogP contribution < -0.4 is 0 Å². The van der Waals surface area contributed by atoms with Crippen LogP contribution in [0.2, 0.25) is 0 Å². The summed E-state index contributed by atoms with van der Waals surface area (Å²) in [6.07, 6.45) is 4.36. The van der Waals surface area contributed by atoms with Gasteiger partial charge in [-0.05, 0) is 58.0 Å². The summed E-state index contributed by atoms with van der Waals surface area (Å²) in [5.74, 6) is 0.0556. The second-order valence-electron chi connectivity index (χ2n) is 9.54. The van der Waals surface area contributed by atoms with Crippen LogP contribution in [0.3, 0.4) is 0 Å². The molecule has 0 N–H and O–H groups in total. The Kier molecular flexibility index (Phi) is 4.77. The Bertz CT molecular complexity index is 1420. The smallest absolute Gasteiger partial charge is 0.410 e. The summed E-state index contributed by atoms with van der Waals surface area (Å²) in [7, 11) is 0. The summed E-state index contributed by atoms with van der Waals surface area (Å²) in [5, 5.41) is 1.09. The first-order chi connectivity index (χ1) is 17.3. The Morgan fingerprint density at radius 1 is 0.943 bits per heavy atom. The van der Waals surface area contributed by atoms with Crippen LogP contribution in [0.4, 0.5) is 4.79 Å². The lowest BCUT2D eigenvalue weighted by molar-refractivity contribution is -0.0331. The van der Waals surface area contributed by atoms with Crippen molar-refractivity contribution >= 4 is 22.6 Å². The van der Waals surface area contributed by atoms with Crippen LogP contribution >= 0.6 is 0 Å². The molecule has 0 radical (unpaired) electrons. The standard InChI is InChI=1S/C30H25NO4/c32-30(35-18-28-26-7-3-1-5-24(26)25-6-2-4-8-27(25)28)31-22-14-21(15-23(31)17-33-16-22)19-9-10-29-20(13-19)11-12-34-29/h1-14,22-23,28H,15-18H2. The van der Waals surface area contributed by atoms with E-state index in [0.29, 0.717) is 19.8 Å². The van der Waals surface area contributed by atoms with Gasteiger partial charge in [-0.2, -0.15) is 0 Å². The minimum atomic E-state index is -0.259. The number of rotatable bonds is 3. The monoisotopic (exact) mass is 463 g/mol. The van der Waals surface area contributed by atoms with Gasteiger partial charge in [0.1, 0.15) is 12.2 Å². The first-order valence-corrected chi connectivity index (χ1v) is 12.2. The van der Waals surface area contributed by atoms with E-state index in [0.717, 1.165) is 17.4 Å². The van der Waals surface area contributed by atoms with Gasteiger partial charge >= 0.3 is 6.09 Å². The normalized spacial score (nSPS) is 20.9. The zero-order valence-electron chi connectivity index (χ0n) is 19.2. The van der Waals surface area contributed by atoms with E-state index in [1.165, 1.54) is 33.4 Å². The fourth-order valence-corrected chi connectivity index (χ4v) is 5.93. The van der Waals surface area contributed by atoms with Gasteiger partial charge in [0.2, 0.25) is 0 Å². The Balaban J connectivity index is 1.12. The third kappa shape index (κ3) is 3.38. The van der Waals surface area contributed by atoms with Crippen molar-refractivity contribution in [2.75, 3.05) is 19.8 Å². The van der Waals surface area contributed by atoms with Crippen molar-refractivity contribution in [2.45, 2.75) is 24.4 Å². The highest BCUT2D eigenvalue weighted by molar-refractivity contribution is 5.84. The van der Waals surface area contributed by atoms with Crippen molar-refractivity contribution in [3.05, 3.63) is 102 Å². The molecule has 0 spiro atoms. The molecule has 0 saturated carbocycles. The second kappa shape index (κ2) is 8.14. The third-order valence-corrected chi connectivity index (χ3v) is 7.57. The van der Waals surface area contributed by atoms with Crippen molar-refractivity contribution in [3.63, 3.8) is 0 Å². The molecule has 1 saturated heterocycles. The average molecular weight is 464 g/mol. The van der Waals surface area contributed by atoms with Gasteiger partial charge in [-0.3, -0.25) is 4.90 Å². The van der Waals surface area contributed by atoms with Gasteiger partial charge in [0.25, 0.3) is 0 Å². The first-order valence-electron chi connectivity index (χ1n) is 12.2. The lowest BCUT2D eigenvalue weighted by Crippen LogP contribution is -2.56. The van der Waals surface area contributed by atoms with E-state index in [1.807, 2.05) is 17.0 Å². The summed E-state index contributed by atoms with van der Waals surface area (Å²) in [5.41, 5.74) is 8.20. The maximum absolute atomic E-state index is 13.4. The van der Waals surface area contributed by atoms with E-state index in [9.17, 15) is 4.79 Å². The summed E-state index contributed by atoms with van der Waals surface area (Å²) in [4.78, 5) is 15.3. The molecule has 35 heavy (non-hydrogen) atoms. The fraction of sp³-hybridized carbons (Fsp3) is 0.233. The third-order valence-electron chi connectivity index (χ3n) is 7.57. The van der Waals surface area contributed by atoms with Crippen LogP contribution in [0.1, 0.15) is 29.0 Å². The summed E-state index contributed by atoms with van der Waals surface area (Å²) >= 11 is 0.